The van der Waals surface area contributed by atoms with Gasteiger partial charge in [0.2, 0.25) is 0 Å². The number of benzene rings is 1. The van der Waals surface area contributed by atoms with Crippen molar-refractivity contribution in [2.24, 2.45) is 0 Å². The zero-order valence-electron chi connectivity index (χ0n) is 13.5. The van der Waals surface area contributed by atoms with Crippen molar-refractivity contribution in [3.63, 3.8) is 0 Å². The van der Waals surface area contributed by atoms with Gasteiger partial charge in [-0.1, -0.05) is 18.2 Å². The Morgan fingerprint density at radius 2 is 2.25 bits per heavy atom. The number of rotatable bonds is 8. The summed E-state index contributed by atoms with van der Waals surface area (Å²) in [6.45, 7) is -0.124. The zero-order valence-corrected chi connectivity index (χ0v) is 13.5. The maximum absolute atomic E-state index is 12.5. The Kier molecular flexibility index (Phi) is 6.89. The summed E-state index contributed by atoms with van der Waals surface area (Å²) in [7, 11) is 1.72. The molecule has 1 heterocycles. The number of hydrogen-bond donors (Lipinski definition) is 1. The van der Waals surface area contributed by atoms with Crippen LogP contribution in [-0.2, 0) is 16.1 Å². The molecule has 1 N–H and O–H groups in total. The summed E-state index contributed by atoms with van der Waals surface area (Å²) in [4.78, 5) is 14.5. The molecule has 1 saturated heterocycles. The van der Waals surface area contributed by atoms with Gasteiger partial charge in [-0.05, 0) is 13.1 Å². The molecular weight excluding hydrogens is 322 g/mol. The lowest BCUT2D eigenvalue weighted by molar-refractivity contribution is -0.138. The first-order valence-electron chi connectivity index (χ1n) is 7.71. The third-order valence-electron chi connectivity index (χ3n) is 3.73. The smallest absolute Gasteiger partial charge is 0.387 e. The van der Waals surface area contributed by atoms with Crippen LogP contribution in [0.15, 0.2) is 24.3 Å². The van der Waals surface area contributed by atoms with Gasteiger partial charge in [-0.15, -0.1) is 0 Å². The van der Waals surface area contributed by atoms with Crippen molar-refractivity contribution in [3.8, 4) is 5.75 Å². The summed E-state index contributed by atoms with van der Waals surface area (Å²) < 4.78 is 35.2. The Labute approximate surface area is 139 Å². The highest BCUT2D eigenvalue weighted by molar-refractivity contribution is 5.69. The van der Waals surface area contributed by atoms with Crippen LogP contribution >= 0.6 is 0 Å². The molecule has 0 aromatic heterocycles. The van der Waals surface area contributed by atoms with Crippen LogP contribution < -0.4 is 4.74 Å². The number of halogens is 2. The molecule has 0 spiro atoms. The normalized spacial score (nSPS) is 19.0. The topological polar surface area (TPSA) is 62.2 Å². The lowest BCUT2D eigenvalue weighted by atomic mass is 10.1. The predicted molar refractivity (Wildman–Crippen MR) is 83.2 cm³/mol. The van der Waals surface area contributed by atoms with E-state index in [2.05, 4.69) is 9.64 Å². The van der Waals surface area contributed by atoms with Crippen LogP contribution in [-0.4, -0.2) is 73.4 Å². The molecule has 0 bridgehead atoms. The minimum absolute atomic E-state index is 0.0507. The van der Waals surface area contributed by atoms with Gasteiger partial charge >= 0.3 is 12.6 Å². The second kappa shape index (κ2) is 8.91. The number of carboxylic acids is 1. The Morgan fingerprint density at radius 1 is 1.50 bits per heavy atom. The number of carbonyl (C=O) groups is 1. The van der Waals surface area contributed by atoms with E-state index in [1.807, 2.05) is 0 Å². The van der Waals surface area contributed by atoms with E-state index >= 15 is 0 Å². The number of ether oxygens (including phenoxy) is 2. The summed E-state index contributed by atoms with van der Waals surface area (Å²) in [5, 5.41) is 8.79. The SMILES string of the molecule is CN(CC(=O)O)CC1CN(Cc2ccccc2OC(F)F)CCO1. The fourth-order valence-corrected chi connectivity index (χ4v) is 2.76. The van der Waals surface area contributed by atoms with E-state index in [1.165, 1.54) is 6.07 Å². The Bertz CT molecular complexity index is 545. The van der Waals surface area contributed by atoms with Crippen LogP contribution in [0.1, 0.15) is 5.56 Å². The average molecular weight is 344 g/mol. The van der Waals surface area contributed by atoms with Crippen molar-refractivity contribution in [1.82, 2.24) is 9.80 Å². The number of aliphatic carboxylic acids is 1. The standard InChI is InChI=1S/C16H22F2N2O4/c1-19(11-15(21)22)9-13-10-20(6-7-23-13)8-12-4-2-3-5-14(12)24-16(17)18/h2-5,13,16H,6-11H2,1H3,(H,21,22). The van der Waals surface area contributed by atoms with E-state index in [9.17, 15) is 13.6 Å². The second-order valence-electron chi connectivity index (χ2n) is 5.80. The van der Waals surface area contributed by atoms with Crippen LogP contribution in [0.2, 0.25) is 0 Å². The minimum Gasteiger partial charge on any atom is -0.480 e. The Hall–Kier alpha value is -1.77. The molecule has 0 aliphatic carbocycles. The highest BCUT2D eigenvalue weighted by atomic mass is 19.3. The molecule has 1 fully saturated rings. The van der Waals surface area contributed by atoms with Gasteiger partial charge < -0.3 is 14.6 Å². The van der Waals surface area contributed by atoms with Gasteiger partial charge in [0.15, 0.2) is 0 Å². The molecule has 1 atom stereocenters. The third-order valence-corrected chi connectivity index (χ3v) is 3.73. The number of hydrogen-bond acceptors (Lipinski definition) is 5. The Balaban J connectivity index is 1.92. The average Bonchev–Trinajstić information content (AvgIpc) is 2.48. The molecule has 2 rings (SSSR count). The van der Waals surface area contributed by atoms with Crippen LogP contribution in [0.3, 0.4) is 0 Å². The molecule has 1 aliphatic rings. The lowest BCUT2D eigenvalue weighted by Gasteiger charge is -2.34. The van der Waals surface area contributed by atoms with Crippen LogP contribution in [0.4, 0.5) is 8.78 Å². The van der Waals surface area contributed by atoms with E-state index in [1.54, 1.807) is 30.1 Å². The van der Waals surface area contributed by atoms with E-state index in [4.69, 9.17) is 9.84 Å². The maximum Gasteiger partial charge on any atom is 0.387 e. The van der Waals surface area contributed by atoms with E-state index < -0.39 is 12.6 Å². The second-order valence-corrected chi connectivity index (χ2v) is 5.80. The number of likely N-dealkylation sites (N-methyl/N-ethyl adjacent to an activating group) is 1. The minimum atomic E-state index is -2.85. The molecule has 0 radical (unpaired) electrons. The van der Waals surface area contributed by atoms with Crippen molar-refractivity contribution >= 4 is 5.97 Å². The van der Waals surface area contributed by atoms with E-state index in [0.29, 0.717) is 38.3 Å². The molecular formula is C16H22F2N2O4. The monoisotopic (exact) mass is 344 g/mol. The van der Waals surface area contributed by atoms with Gasteiger partial charge in [0.25, 0.3) is 0 Å². The van der Waals surface area contributed by atoms with Gasteiger partial charge in [-0.25, -0.2) is 0 Å². The van der Waals surface area contributed by atoms with Gasteiger partial charge in [0, 0.05) is 31.7 Å². The van der Waals surface area contributed by atoms with Crippen molar-refractivity contribution in [3.05, 3.63) is 29.8 Å². The van der Waals surface area contributed by atoms with Gasteiger partial charge in [-0.3, -0.25) is 14.6 Å². The van der Waals surface area contributed by atoms with E-state index in [-0.39, 0.29) is 18.4 Å². The summed E-state index contributed by atoms with van der Waals surface area (Å²) >= 11 is 0. The first-order valence-corrected chi connectivity index (χ1v) is 7.71. The lowest BCUT2D eigenvalue weighted by Crippen LogP contribution is -2.47. The largest absolute Gasteiger partial charge is 0.480 e. The fraction of sp³-hybridized carbons (Fsp3) is 0.562. The van der Waals surface area contributed by atoms with Crippen LogP contribution in [0.25, 0.3) is 0 Å². The summed E-state index contributed by atoms with van der Waals surface area (Å²) in [6, 6.07) is 6.73. The fourth-order valence-electron chi connectivity index (χ4n) is 2.76. The van der Waals surface area contributed by atoms with Gasteiger partial charge in [-0.2, -0.15) is 8.78 Å². The van der Waals surface area contributed by atoms with Crippen molar-refractivity contribution in [2.75, 3.05) is 39.8 Å². The third kappa shape index (κ3) is 6.03. The first kappa shape index (κ1) is 18.6. The summed E-state index contributed by atoms with van der Waals surface area (Å²) in [5.41, 5.74) is 0.692. The molecule has 0 amide bonds. The molecule has 1 aromatic rings. The summed E-state index contributed by atoms with van der Waals surface area (Å²) in [6.07, 6.45) is -0.119. The van der Waals surface area contributed by atoms with Crippen molar-refractivity contribution < 1.29 is 28.2 Å². The van der Waals surface area contributed by atoms with Gasteiger partial charge in [0.05, 0.1) is 19.3 Å². The molecule has 1 unspecified atom stereocenters. The number of alkyl halides is 2. The molecule has 0 saturated carbocycles. The molecule has 8 heteroatoms. The van der Waals surface area contributed by atoms with Crippen molar-refractivity contribution in [1.29, 1.82) is 0 Å². The molecule has 1 aliphatic heterocycles. The maximum atomic E-state index is 12.5. The number of carboxylic acid groups (broad SMARTS) is 1. The first-order chi connectivity index (χ1) is 11.4. The quantitative estimate of drug-likeness (QED) is 0.771. The molecule has 24 heavy (non-hydrogen) atoms. The highest BCUT2D eigenvalue weighted by Gasteiger charge is 2.23. The van der Waals surface area contributed by atoms with E-state index in [0.717, 1.165) is 0 Å². The molecule has 1 aromatic carbocycles. The van der Waals surface area contributed by atoms with Gasteiger partial charge in [0.1, 0.15) is 5.75 Å². The number of para-hydroxylation sites is 1. The Morgan fingerprint density at radius 3 is 2.96 bits per heavy atom. The summed E-state index contributed by atoms with van der Waals surface area (Å²) in [5.74, 6) is -0.707. The predicted octanol–water partition coefficient (Wildman–Crippen LogP) is 1.51. The van der Waals surface area contributed by atoms with Crippen LogP contribution in [0.5, 0.6) is 5.75 Å². The van der Waals surface area contributed by atoms with Crippen LogP contribution in [0, 0.1) is 0 Å². The molecule has 134 valence electrons. The number of nitrogens with zero attached hydrogens (tertiary/aromatic N) is 2. The van der Waals surface area contributed by atoms with Crippen molar-refractivity contribution in [2.45, 2.75) is 19.3 Å². The highest BCUT2D eigenvalue weighted by Crippen LogP contribution is 2.22. The molecule has 6 nitrogen and oxygen atoms in total. The zero-order chi connectivity index (χ0) is 17.5. The number of morpholine rings is 1.